The van der Waals surface area contributed by atoms with E-state index in [0.717, 1.165) is 0 Å². The normalized spacial score (nSPS) is 20.3. The average Bonchev–Trinajstić information content (AvgIpc) is 2.36. The second kappa shape index (κ2) is 6.87. The molecule has 19 heavy (non-hydrogen) atoms. The van der Waals surface area contributed by atoms with Crippen molar-refractivity contribution in [2.75, 3.05) is 33.7 Å². The van der Waals surface area contributed by atoms with Crippen molar-refractivity contribution in [2.45, 2.75) is 12.5 Å². The second-order valence-corrected chi connectivity index (χ2v) is 4.61. The average molecular weight is 265 g/mol. The zero-order valence-corrected chi connectivity index (χ0v) is 11.2. The van der Waals surface area contributed by atoms with Gasteiger partial charge in [-0.15, -0.1) is 0 Å². The molecule has 7 nitrogen and oxygen atoms in total. The molecular formula is C12H19N5O2. The van der Waals surface area contributed by atoms with E-state index in [4.69, 9.17) is 11.1 Å². The molecule has 1 fully saturated rings. The summed E-state index contributed by atoms with van der Waals surface area (Å²) in [7, 11) is 3.23. The van der Waals surface area contributed by atoms with Gasteiger partial charge in [-0.1, -0.05) is 0 Å². The highest BCUT2D eigenvalue weighted by Crippen LogP contribution is 2.11. The minimum absolute atomic E-state index is 0.227. The number of rotatable bonds is 3. The Labute approximate surface area is 112 Å². The van der Waals surface area contributed by atoms with Crippen molar-refractivity contribution in [1.82, 2.24) is 14.8 Å². The van der Waals surface area contributed by atoms with Gasteiger partial charge < -0.3 is 9.80 Å². The van der Waals surface area contributed by atoms with Crippen molar-refractivity contribution < 1.29 is 9.59 Å². The highest BCUT2D eigenvalue weighted by molar-refractivity contribution is 5.96. The SMILES string of the molecule is CN(C)C(=O)/C=C/C(=O)N1CCN(N)C[C@@H]1CC#N. The maximum Gasteiger partial charge on any atom is 0.247 e. The molecule has 1 aliphatic rings. The smallest absolute Gasteiger partial charge is 0.247 e. The number of nitrogens with zero attached hydrogens (tertiary/aromatic N) is 4. The van der Waals surface area contributed by atoms with Crippen LogP contribution in [0.5, 0.6) is 0 Å². The van der Waals surface area contributed by atoms with Crippen molar-refractivity contribution in [1.29, 1.82) is 5.26 Å². The van der Waals surface area contributed by atoms with E-state index in [0.29, 0.717) is 19.6 Å². The molecule has 7 heteroatoms. The number of amides is 2. The molecule has 1 saturated heterocycles. The molecule has 1 atom stereocenters. The zero-order valence-electron chi connectivity index (χ0n) is 11.2. The van der Waals surface area contributed by atoms with E-state index in [1.807, 2.05) is 0 Å². The van der Waals surface area contributed by atoms with Crippen molar-refractivity contribution >= 4 is 11.8 Å². The monoisotopic (exact) mass is 265 g/mol. The van der Waals surface area contributed by atoms with Gasteiger partial charge in [0.1, 0.15) is 0 Å². The Morgan fingerprint density at radius 2 is 2.11 bits per heavy atom. The third-order valence-electron chi connectivity index (χ3n) is 2.93. The number of hydrazine groups is 1. The summed E-state index contributed by atoms with van der Waals surface area (Å²) in [4.78, 5) is 26.4. The highest BCUT2D eigenvalue weighted by atomic mass is 16.2. The summed E-state index contributed by atoms with van der Waals surface area (Å²) in [5.41, 5.74) is 0. The lowest BCUT2D eigenvalue weighted by Gasteiger charge is -2.38. The van der Waals surface area contributed by atoms with Crippen LogP contribution in [-0.4, -0.2) is 66.4 Å². The Bertz CT molecular complexity index is 413. The summed E-state index contributed by atoms with van der Waals surface area (Å²) in [6.45, 7) is 1.49. The lowest BCUT2D eigenvalue weighted by atomic mass is 10.1. The third kappa shape index (κ3) is 4.35. The Kier molecular flexibility index (Phi) is 5.48. The number of carbonyl (C=O) groups excluding carboxylic acids is 2. The van der Waals surface area contributed by atoms with Gasteiger partial charge in [0.15, 0.2) is 0 Å². The summed E-state index contributed by atoms with van der Waals surface area (Å²) >= 11 is 0. The molecule has 2 N–H and O–H groups in total. The summed E-state index contributed by atoms with van der Waals surface area (Å²) in [6.07, 6.45) is 2.72. The molecule has 1 rings (SSSR count). The van der Waals surface area contributed by atoms with E-state index in [1.165, 1.54) is 17.1 Å². The number of likely N-dealkylation sites (N-methyl/N-ethyl adjacent to an activating group) is 1. The van der Waals surface area contributed by atoms with Gasteiger partial charge in [-0.2, -0.15) is 5.26 Å². The molecule has 1 heterocycles. The zero-order chi connectivity index (χ0) is 14.4. The highest BCUT2D eigenvalue weighted by Gasteiger charge is 2.28. The molecular weight excluding hydrogens is 246 g/mol. The molecule has 0 aromatic heterocycles. The minimum atomic E-state index is -0.261. The van der Waals surface area contributed by atoms with Crippen LogP contribution in [0.2, 0.25) is 0 Å². The first kappa shape index (κ1) is 15.1. The molecule has 104 valence electrons. The first-order valence-corrected chi connectivity index (χ1v) is 6.02. The second-order valence-electron chi connectivity index (χ2n) is 4.61. The number of hydrogen-bond donors (Lipinski definition) is 1. The van der Waals surface area contributed by atoms with Crippen molar-refractivity contribution in [3.05, 3.63) is 12.2 Å². The van der Waals surface area contributed by atoms with Gasteiger partial charge in [0, 0.05) is 45.9 Å². The molecule has 2 amide bonds. The van der Waals surface area contributed by atoms with E-state index in [1.54, 1.807) is 24.0 Å². The van der Waals surface area contributed by atoms with E-state index in [2.05, 4.69) is 6.07 Å². The fraction of sp³-hybridized carbons (Fsp3) is 0.583. The first-order chi connectivity index (χ1) is 8.95. The largest absolute Gasteiger partial charge is 0.345 e. The number of nitriles is 1. The fourth-order valence-corrected chi connectivity index (χ4v) is 1.84. The van der Waals surface area contributed by atoms with Crippen LogP contribution in [0.1, 0.15) is 6.42 Å². The summed E-state index contributed by atoms with van der Waals surface area (Å²) in [5, 5.41) is 10.4. The van der Waals surface area contributed by atoms with Gasteiger partial charge in [0.05, 0.1) is 18.5 Å². The Morgan fingerprint density at radius 1 is 1.42 bits per heavy atom. The maximum atomic E-state index is 12.0. The van der Waals surface area contributed by atoms with Gasteiger partial charge in [0.2, 0.25) is 11.8 Å². The van der Waals surface area contributed by atoms with Crippen molar-refractivity contribution in [3.8, 4) is 6.07 Å². The Balaban J connectivity index is 2.68. The fourth-order valence-electron chi connectivity index (χ4n) is 1.84. The summed E-state index contributed by atoms with van der Waals surface area (Å²) in [5.74, 6) is 5.18. The quantitative estimate of drug-likeness (QED) is 0.518. The van der Waals surface area contributed by atoms with Crippen molar-refractivity contribution in [2.24, 2.45) is 5.84 Å². The minimum Gasteiger partial charge on any atom is -0.345 e. The van der Waals surface area contributed by atoms with Gasteiger partial charge in [0.25, 0.3) is 0 Å². The summed E-state index contributed by atoms with van der Waals surface area (Å²) < 4.78 is 0. The molecule has 0 aromatic carbocycles. The van der Waals surface area contributed by atoms with Crippen molar-refractivity contribution in [3.63, 3.8) is 0 Å². The molecule has 0 saturated carbocycles. The van der Waals surface area contributed by atoms with Crippen LogP contribution in [-0.2, 0) is 9.59 Å². The Morgan fingerprint density at radius 3 is 2.68 bits per heavy atom. The predicted molar refractivity (Wildman–Crippen MR) is 69.3 cm³/mol. The lowest BCUT2D eigenvalue weighted by Crippen LogP contribution is -2.56. The lowest BCUT2D eigenvalue weighted by molar-refractivity contribution is -0.131. The number of carbonyl (C=O) groups is 2. The van der Waals surface area contributed by atoms with Crippen LogP contribution >= 0.6 is 0 Å². The molecule has 0 radical (unpaired) electrons. The maximum absolute atomic E-state index is 12.0. The number of nitrogens with two attached hydrogens (primary N) is 1. The molecule has 0 unspecified atom stereocenters. The van der Waals surface area contributed by atoms with Gasteiger partial charge in [-0.05, 0) is 0 Å². The van der Waals surface area contributed by atoms with Gasteiger partial charge in [-0.25, -0.2) is 5.01 Å². The summed E-state index contributed by atoms with van der Waals surface area (Å²) in [6, 6.07) is 1.82. The molecule has 0 bridgehead atoms. The van der Waals surface area contributed by atoms with Crippen LogP contribution in [0.4, 0.5) is 0 Å². The Hall–Kier alpha value is -1.91. The van der Waals surface area contributed by atoms with E-state index in [-0.39, 0.29) is 24.3 Å². The van der Waals surface area contributed by atoms with Crippen LogP contribution in [0, 0.1) is 11.3 Å². The molecule has 0 aromatic rings. The van der Waals surface area contributed by atoms with E-state index < -0.39 is 0 Å². The first-order valence-electron chi connectivity index (χ1n) is 6.02. The van der Waals surface area contributed by atoms with Crippen LogP contribution in [0.3, 0.4) is 0 Å². The topological polar surface area (TPSA) is 93.7 Å². The van der Waals surface area contributed by atoms with E-state index in [9.17, 15) is 9.59 Å². The standard InChI is InChI=1S/C12H19N5O2/c1-15(2)11(18)3-4-12(19)17-8-7-16(14)9-10(17)5-6-13/h3-4,10H,5,7-9,14H2,1-2H3/b4-3+/t10-/m0/s1. The molecule has 0 spiro atoms. The molecule has 0 aliphatic carbocycles. The van der Waals surface area contributed by atoms with Gasteiger partial charge >= 0.3 is 0 Å². The number of hydrogen-bond acceptors (Lipinski definition) is 5. The molecule has 1 aliphatic heterocycles. The number of piperazine rings is 1. The van der Waals surface area contributed by atoms with E-state index >= 15 is 0 Å². The van der Waals surface area contributed by atoms with Crippen LogP contribution in [0.25, 0.3) is 0 Å². The van der Waals surface area contributed by atoms with Crippen LogP contribution in [0.15, 0.2) is 12.2 Å². The third-order valence-corrected chi connectivity index (χ3v) is 2.93. The predicted octanol–water partition coefficient (Wildman–Crippen LogP) is -1.07. The van der Waals surface area contributed by atoms with Gasteiger partial charge in [-0.3, -0.25) is 15.4 Å². The van der Waals surface area contributed by atoms with Crippen LogP contribution < -0.4 is 5.84 Å².